The van der Waals surface area contributed by atoms with Crippen molar-refractivity contribution >= 4 is 11.6 Å². The lowest BCUT2D eigenvalue weighted by Crippen LogP contribution is -2.21. The summed E-state index contributed by atoms with van der Waals surface area (Å²) in [6.45, 7) is 7.35. The molecule has 0 spiro atoms. The Labute approximate surface area is 120 Å². The van der Waals surface area contributed by atoms with Gasteiger partial charge in [0.05, 0.1) is 12.8 Å². The lowest BCUT2D eigenvalue weighted by atomic mass is 10.1. The number of pyridine rings is 1. The third kappa shape index (κ3) is 3.40. The number of ether oxygens (including phenoxy) is 1. The van der Waals surface area contributed by atoms with Gasteiger partial charge in [-0.1, -0.05) is 0 Å². The molecule has 0 aromatic carbocycles. The second kappa shape index (κ2) is 6.58. The highest BCUT2D eigenvalue weighted by atomic mass is 35.5. The maximum absolute atomic E-state index is 5.82. The summed E-state index contributed by atoms with van der Waals surface area (Å²) in [7, 11) is 1.73. The summed E-state index contributed by atoms with van der Waals surface area (Å²) in [5, 5.41) is 0. The number of halogens is 1. The lowest BCUT2D eigenvalue weighted by Gasteiger charge is -2.18. The quantitative estimate of drug-likeness (QED) is 0.776. The highest BCUT2D eigenvalue weighted by Crippen LogP contribution is 2.27. The van der Waals surface area contributed by atoms with Crippen molar-refractivity contribution in [2.45, 2.75) is 33.2 Å². The van der Waals surface area contributed by atoms with Crippen LogP contribution in [0.15, 0.2) is 6.20 Å². The molecule has 1 atom stereocenters. The van der Waals surface area contributed by atoms with Crippen LogP contribution in [0.5, 0.6) is 5.75 Å². The summed E-state index contributed by atoms with van der Waals surface area (Å²) in [5.41, 5.74) is 3.41. The first kappa shape index (κ1) is 14.6. The Bertz CT molecular complexity index is 436. The van der Waals surface area contributed by atoms with Crippen LogP contribution in [0, 0.1) is 19.8 Å². The number of hydrogen-bond acceptors (Lipinski definition) is 3. The molecule has 1 aliphatic rings. The van der Waals surface area contributed by atoms with Crippen LogP contribution in [0.3, 0.4) is 0 Å². The minimum absolute atomic E-state index is 0.755. The second-order valence-electron chi connectivity index (χ2n) is 5.41. The van der Waals surface area contributed by atoms with Gasteiger partial charge in [0, 0.05) is 36.3 Å². The number of methoxy groups -OCH3 is 1. The van der Waals surface area contributed by atoms with Gasteiger partial charge in [0.1, 0.15) is 5.75 Å². The summed E-state index contributed by atoms with van der Waals surface area (Å²) in [6.07, 6.45) is 4.30. The largest absolute Gasteiger partial charge is 0.496 e. The molecular formula is C15H23ClN2O. The van der Waals surface area contributed by atoms with Crippen LogP contribution in [0.4, 0.5) is 0 Å². The smallest absolute Gasteiger partial charge is 0.128 e. The van der Waals surface area contributed by atoms with E-state index in [1.165, 1.54) is 12.0 Å². The fraction of sp³-hybridized carbons (Fsp3) is 0.667. The average molecular weight is 283 g/mol. The minimum atomic E-state index is 0.755. The standard InChI is InChI=1S/C15H23ClN2O/c1-11-8-17-14(12(2)15(11)19-3)10-18-7-5-13(9-18)4-6-16/h8,13H,4-7,9-10H2,1-3H3. The summed E-state index contributed by atoms with van der Waals surface area (Å²) in [5.74, 6) is 2.50. The first-order valence-corrected chi connectivity index (χ1v) is 7.46. The molecule has 1 fully saturated rings. The van der Waals surface area contributed by atoms with Crippen LogP contribution in [-0.2, 0) is 6.54 Å². The molecule has 4 heteroatoms. The Kier molecular flexibility index (Phi) is 5.06. The van der Waals surface area contributed by atoms with Gasteiger partial charge in [-0.3, -0.25) is 9.88 Å². The predicted molar refractivity (Wildman–Crippen MR) is 79.0 cm³/mol. The number of hydrogen-bond donors (Lipinski definition) is 0. The van der Waals surface area contributed by atoms with Gasteiger partial charge in [-0.25, -0.2) is 0 Å². The van der Waals surface area contributed by atoms with Gasteiger partial charge in [0.15, 0.2) is 0 Å². The van der Waals surface area contributed by atoms with E-state index in [1.807, 2.05) is 13.1 Å². The van der Waals surface area contributed by atoms with Gasteiger partial charge < -0.3 is 4.74 Å². The van der Waals surface area contributed by atoms with E-state index in [0.717, 1.165) is 54.9 Å². The van der Waals surface area contributed by atoms with E-state index >= 15 is 0 Å². The van der Waals surface area contributed by atoms with Gasteiger partial charge in [0.25, 0.3) is 0 Å². The monoisotopic (exact) mass is 282 g/mol. The average Bonchev–Trinajstić information content (AvgIpc) is 2.82. The second-order valence-corrected chi connectivity index (χ2v) is 5.79. The summed E-state index contributed by atoms with van der Waals surface area (Å²) in [6, 6.07) is 0. The van der Waals surface area contributed by atoms with Crippen LogP contribution in [0.1, 0.15) is 29.7 Å². The van der Waals surface area contributed by atoms with Crippen LogP contribution in [0.2, 0.25) is 0 Å². The van der Waals surface area contributed by atoms with Crippen LogP contribution >= 0.6 is 11.6 Å². The van der Waals surface area contributed by atoms with Gasteiger partial charge in [-0.2, -0.15) is 0 Å². The normalized spacial score (nSPS) is 19.9. The third-order valence-electron chi connectivity index (χ3n) is 4.01. The van der Waals surface area contributed by atoms with Crippen molar-refractivity contribution in [3.05, 3.63) is 23.0 Å². The van der Waals surface area contributed by atoms with Crippen molar-refractivity contribution in [3.63, 3.8) is 0 Å². The summed E-state index contributed by atoms with van der Waals surface area (Å²) >= 11 is 5.82. The number of likely N-dealkylation sites (tertiary alicyclic amines) is 1. The number of nitrogens with zero attached hydrogens (tertiary/aromatic N) is 2. The molecule has 1 aromatic heterocycles. The van der Waals surface area contributed by atoms with Crippen molar-refractivity contribution in [2.24, 2.45) is 5.92 Å². The van der Waals surface area contributed by atoms with Gasteiger partial charge in [-0.05, 0) is 39.2 Å². The first-order valence-electron chi connectivity index (χ1n) is 6.93. The maximum Gasteiger partial charge on any atom is 0.128 e. The number of rotatable bonds is 5. The fourth-order valence-corrected chi connectivity index (χ4v) is 3.20. The van der Waals surface area contributed by atoms with Crippen molar-refractivity contribution in [1.29, 1.82) is 0 Å². The minimum Gasteiger partial charge on any atom is -0.496 e. The zero-order valence-corrected chi connectivity index (χ0v) is 12.8. The Morgan fingerprint density at radius 1 is 1.47 bits per heavy atom. The number of aryl methyl sites for hydroxylation is 1. The molecule has 106 valence electrons. The maximum atomic E-state index is 5.82. The van der Waals surface area contributed by atoms with Crippen molar-refractivity contribution in [3.8, 4) is 5.75 Å². The summed E-state index contributed by atoms with van der Waals surface area (Å²) < 4.78 is 5.46. The molecule has 0 N–H and O–H groups in total. The Hall–Kier alpha value is -0.800. The van der Waals surface area contributed by atoms with Crippen molar-refractivity contribution < 1.29 is 4.74 Å². The van der Waals surface area contributed by atoms with Gasteiger partial charge in [0.2, 0.25) is 0 Å². The fourth-order valence-electron chi connectivity index (χ4n) is 2.89. The van der Waals surface area contributed by atoms with E-state index in [1.54, 1.807) is 7.11 Å². The van der Waals surface area contributed by atoms with Crippen molar-refractivity contribution in [1.82, 2.24) is 9.88 Å². The van der Waals surface area contributed by atoms with Gasteiger partial charge >= 0.3 is 0 Å². The molecule has 1 unspecified atom stereocenters. The molecule has 0 saturated carbocycles. The summed E-state index contributed by atoms with van der Waals surface area (Å²) in [4.78, 5) is 7.05. The predicted octanol–water partition coefficient (Wildman–Crippen LogP) is 3.16. The Morgan fingerprint density at radius 2 is 2.26 bits per heavy atom. The van der Waals surface area contributed by atoms with E-state index in [4.69, 9.17) is 16.3 Å². The molecule has 2 heterocycles. The molecule has 0 amide bonds. The highest BCUT2D eigenvalue weighted by Gasteiger charge is 2.23. The molecule has 2 rings (SSSR count). The number of alkyl halides is 1. The Balaban J connectivity index is 2.04. The number of aromatic nitrogens is 1. The highest BCUT2D eigenvalue weighted by molar-refractivity contribution is 6.17. The topological polar surface area (TPSA) is 25.4 Å². The lowest BCUT2D eigenvalue weighted by molar-refractivity contribution is 0.309. The molecular weight excluding hydrogens is 260 g/mol. The zero-order chi connectivity index (χ0) is 13.8. The molecule has 0 radical (unpaired) electrons. The molecule has 1 aromatic rings. The van der Waals surface area contributed by atoms with Crippen LogP contribution < -0.4 is 4.74 Å². The SMILES string of the molecule is COc1c(C)cnc(CN2CCC(CCCl)C2)c1C. The zero-order valence-electron chi connectivity index (χ0n) is 12.1. The van der Waals surface area contributed by atoms with Crippen molar-refractivity contribution in [2.75, 3.05) is 26.1 Å². The Morgan fingerprint density at radius 3 is 2.95 bits per heavy atom. The molecule has 19 heavy (non-hydrogen) atoms. The molecule has 0 aliphatic carbocycles. The van der Waals surface area contributed by atoms with Gasteiger partial charge in [-0.15, -0.1) is 11.6 Å². The van der Waals surface area contributed by atoms with E-state index in [9.17, 15) is 0 Å². The first-order chi connectivity index (χ1) is 9.15. The van der Waals surface area contributed by atoms with Crippen LogP contribution in [0.25, 0.3) is 0 Å². The van der Waals surface area contributed by atoms with E-state index in [0.29, 0.717) is 0 Å². The molecule has 1 saturated heterocycles. The van der Waals surface area contributed by atoms with E-state index in [-0.39, 0.29) is 0 Å². The third-order valence-corrected chi connectivity index (χ3v) is 4.23. The van der Waals surface area contributed by atoms with Crippen LogP contribution in [-0.4, -0.2) is 36.0 Å². The van der Waals surface area contributed by atoms with E-state index in [2.05, 4.69) is 16.8 Å². The molecule has 1 aliphatic heterocycles. The van der Waals surface area contributed by atoms with E-state index < -0.39 is 0 Å². The molecule has 0 bridgehead atoms. The molecule has 3 nitrogen and oxygen atoms in total.